The van der Waals surface area contributed by atoms with Crippen LogP contribution in [-0.2, 0) is 16.1 Å². The first-order valence-electron chi connectivity index (χ1n) is 12.2. The molecule has 0 N–H and O–H groups in total. The molecule has 0 saturated carbocycles. The molecule has 0 bridgehead atoms. The number of carbonyl (C=O) groups is 3. The van der Waals surface area contributed by atoms with Gasteiger partial charge in [-0.05, 0) is 63.4 Å². The molecule has 0 unspecified atom stereocenters. The van der Waals surface area contributed by atoms with E-state index in [1.165, 1.54) is 11.3 Å². The Morgan fingerprint density at radius 3 is 2.42 bits per heavy atom. The van der Waals surface area contributed by atoms with E-state index in [1.54, 1.807) is 17.9 Å². The van der Waals surface area contributed by atoms with Crippen LogP contribution >= 0.6 is 11.3 Å². The van der Waals surface area contributed by atoms with Crippen LogP contribution in [-0.4, -0.2) is 46.9 Å². The normalized spacial score (nSPS) is 14.6. The summed E-state index contributed by atoms with van der Waals surface area (Å²) in [5.74, 6) is -0.578. The molecule has 1 aliphatic heterocycles. The number of likely N-dealkylation sites (tertiary alicyclic amines) is 1. The minimum absolute atomic E-state index is 0.0253. The monoisotopic (exact) mass is 505 g/mol. The van der Waals surface area contributed by atoms with Gasteiger partial charge in [-0.2, -0.15) is 4.99 Å². The number of carbonyl (C=O) groups excluding carboxylic acids is 3. The van der Waals surface area contributed by atoms with Crippen molar-refractivity contribution in [2.45, 2.75) is 40.2 Å². The Hall–Kier alpha value is -3.52. The number of benzene rings is 2. The average molecular weight is 506 g/mol. The summed E-state index contributed by atoms with van der Waals surface area (Å²) in [6, 6.07) is 15.0. The van der Waals surface area contributed by atoms with Crippen LogP contribution in [0.5, 0.6) is 0 Å². The first-order valence-corrected chi connectivity index (χ1v) is 13.1. The Kier molecular flexibility index (Phi) is 8.15. The largest absolute Gasteiger partial charge is 0.466 e. The number of aryl methyl sites for hydroxylation is 2. The second kappa shape index (κ2) is 11.5. The number of aromatic nitrogens is 1. The van der Waals surface area contributed by atoms with E-state index in [4.69, 9.17) is 4.74 Å². The average Bonchev–Trinajstić information content (AvgIpc) is 3.22. The SMILES string of the molecule is CCOC(=O)C1CCN(C(=O)c2ccc(Cn3c(C)csc3=NC(=O)c3cccc(C)c3)cc2)CC1. The Labute approximate surface area is 215 Å². The van der Waals surface area contributed by atoms with Gasteiger partial charge < -0.3 is 14.2 Å². The summed E-state index contributed by atoms with van der Waals surface area (Å²) in [5.41, 5.74) is 4.24. The molecule has 4 rings (SSSR count). The Bertz CT molecular complexity index is 1320. The maximum Gasteiger partial charge on any atom is 0.309 e. The topological polar surface area (TPSA) is 81.0 Å². The number of hydrogen-bond donors (Lipinski definition) is 0. The van der Waals surface area contributed by atoms with E-state index >= 15 is 0 Å². The van der Waals surface area contributed by atoms with Crippen LogP contribution in [0.1, 0.15) is 57.3 Å². The van der Waals surface area contributed by atoms with Gasteiger partial charge >= 0.3 is 5.97 Å². The lowest BCUT2D eigenvalue weighted by molar-refractivity contribution is -0.149. The number of piperidine rings is 1. The number of rotatable bonds is 6. The van der Waals surface area contributed by atoms with E-state index in [9.17, 15) is 14.4 Å². The third-order valence-corrected chi connectivity index (χ3v) is 7.38. The van der Waals surface area contributed by atoms with E-state index in [2.05, 4.69) is 4.99 Å². The lowest BCUT2D eigenvalue weighted by Crippen LogP contribution is -2.40. The summed E-state index contributed by atoms with van der Waals surface area (Å²) in [7, 11) is 0. The Morgan fingerprint density at radius 1 is 1.03 bits per heavy atom. The molecule has 8 heteroatoms. The fraction of sp³-hybridized carbons (Fsp3) is 0.357. The van der Waals surface area contributed by atoms with Gasteiger partial charge in [0.05, 0.1) is 19.1 Å². The summed E-state index contributed by atoms with van der Waals surface area (Å²) in [6.07, 6.45) is 1.26. The van der Waals surface area contributed by atoms with Gasteiger partial charge in [0, 0.05) is 35.3 Å². The van der Waals surface area contributed by atoms with Crippen molar-refractivity contribution in [2.75, 3.05) is 19.7 Å². The number of thiazole rings is 1. The van der Waals surface area contributed by atoms with Crippen LogP contribution in [0.4, 0.5) is 0 Å². The quantitative estimate of drug-likeness (QED) is 0.466. The minimum Gasteiger partial charge on any atom is -0.466 e. The molecule has 0 aliphatic carbocycles. The molecule has 0 radical (unpaired) electrons. The second-order valence-electron chi connectivity index (χ2n) is 9.05. The predicted molar refractivity (Wildman–Crippen MR) is 139 cm³/mol. The minimum atomic E-state index is -0.262. The van der Waals surface area contributed by atoms with Crippen LogP contribution in [0.15, 0.2) is 58.9 Å². The maximum atomic E-state index is 13.0. The fourth-order valence-corrected chi connectivity index (χ4v) is 5.20. The standard InChI is InChI=1S/C28H31N3O4S/c1-4-35-27(34)23-12-14-30(15-13-23)26(33)22-10-8-21(9-11-22)17-31-20(3)18-36-28(31)29-25(32)24-7-5-6-19(2)16-24/h5-11,16,18,23H,4,12-15,17H2,1-3H3. The second-order valence-corrected chi connectivity index (χ2v) is 9.88. The predicted octanol–water partition coefficient (Wildman–Crippen LogP) is 4.37. The first kappa shape index (κ1) is 25.6. The number of amides is 2. The molecule has 1 fully saturated rings. The van der Waals surface area contributed by atoms with Crippen molar-refractivity contribution in [3.05, 3.63) is 86.7 Å². The Balaban J connectivity index is 1.43. The summed E-state index contributed by atoms with van der Waals surface area (Å²) in [6.45, 7) is 7.78. The molecular formula is C28H31N3O4S. The van der Waals surface area contributed by atoms with Crippen molar-refractivity contribution >= 4 is 29.1 Å². The molecule has 0 spiro atoms. The smallest absolute Gasteiger partial charge is 0.309 e. The van der Waals surface area contributed by atoms with Gasteiger partial charge in [-0.25, -0.2) is 0 Å². The van der Waals surface area contributed by atoms with Gasteiger partial charge in [0.1, 0.15) is 0 Å². The summed E-state index contributed by atoms with van der Waals surface area (Å²) in [5, 5.41) is 1.99. The summed E-state index contributed by atoms with van der Waals surface area (Å²) in [4.78, 5) is 44.4. The highest BCUT2D eigenvalue weighted by atomic mass is 32.1. The molecule has 188 valence electrons. The van der Waals surface area contributed by atoms with Crippen molar-refractivity contribution < 1.29 is 19.1 Å². The van der Waals surface area contributed by atoms with Crippen molar-refractivity contribution in [2.24, 2.45) is 10.9 Å². The summed E-state index contributed by atoms with van der Waals surface area (Å²) >= 11 is 1.44. The molecule has 7 nitrogen and oxygen atoms in total. The lowest BCUT2D eigenvalue weighted by atomic mass is 9.96. The third kappa shape index (κ3) is 5.99. The summed E-state index contributed by atoms with van der Waals surface area (Å²) < 4.78 is 7.12. The van der Waals surface area contributed by atoms with E-state index in [0.29, 0.717) is 55.0 Å². The third-order valence-electron chi connectivity index (χ3n) is 6.40. The highest BCUT2D eigenvalue weighted by molar-refractivity contribution is 7.07. The molecule has 1 saturated heterocycles. The number of ether oxygens (including phenoxy) is 1. The molecule has 0 atom stereocenters. The van der Waals surface area contributed by atoms with Crippen molar-refractivity contribution in [3.8, 4) is 0 Å². The van der Waals surface area contributed by atoms with Crippen molar-refractivity contribution in [3.63, 3.8) is 0 Å². The fourth-order valence-electron chi connectivity index (χ4n) is 4.32. The van der Waals surface area contributed by atoms with Gasteiger partial charge in [-0.15, -0.1) is 11.3 Å². The van der Waals surface area contributed by atoms with E-state index in [-0.39, 0.29) is 23.7 Å². The highest BCUT2D eigenvalue weighted by Gasteiger charge is 2.28. The zero-order chi connectivity index (χ0) is 25.7. The van der Waals surface area contributed by atoms with Crippen molar-refractivity contribution in [1.82, 2.24) is 9.47 Å². The molecule has 2 heterocycles. The number of esters is 1. The first-order chi connectivity index (χ1) is 17.4. The van der Waals surface area contributed by atoms with Crippen LogP contribution in [0.2, 0.25) is 0 Å². The van der Waals surface area contributed by atoms with E-state index in [0.717, 1.165) is 16.8 Å². The molecule has 36 heavy (non-hydrogen) atoms. The number of hydrogen-bond acceptors (Lipinski definition) is 5. The van der Waals surface area contributed by atoms with Crippen LogP contribution < -0.4 is 4.80 Å². The Morgan fingerprint density at radius 2 is 1.75 bits per heavy atom. The van der Waals surface area contributed by atoms with E-state index in [1.807, 2.05) is 66.3 Å². The molecular weight excluding hydrogens is 474 g/mol. The zero-order valence-corrected chi connectivity index (χ0v) is 21.7. The van der Waals surface area contributed by atoms with Crippen LogP contribution in [0.3, 0.4) is 0 Å². The van der Waals surface area contributed by atoms with Gasteiger partial charge in [0.25, 0.3) is 11.8 Å². The highest BCUT2D eigenvalue weighted by Crippen LogP contribution is 2.21. The van der Waals surface area contributed by atoms with Gasteiger partial charge in [-0.3, -0.25) is 14.4 Å². The van der Waals surface area contributed by atoms with Crippen LogP contribution in [0.25, 0.3) is 0 Å². The van der Waals surface area contributed by atoms with Crippen LogP contribution in [0, 0.1) is 19.8 Å². The van der Waals surface area contributed by atoms with Gasteiger partial charge in [-0.1, -0.05) is 29.8 Å². The van der Waals surface area contributed by atoms with Gasteiger partial charge in [0.15, 0.2) is 4.80 Å². The molecule has 1 aliphatic rings. The molecule has 2 amide bonds. The molecule has 3 aromatic rings. The van der Waals surface area contributed by atoms with Gasteiger partial charge in [0.2, 0.25) is 0 Å². The molecule has 2 aromatic carbocycles. The maximum absolute atomic E-state index is 13.0. The zero-order valence-electron chi connectivity index (χ0n) is 20.9. The lowest BCUT2D eigenvalue weighted by Gasteiger charge is -2.31. The van der Waals surface area contributed by atoms with E-state index < -0.39 is 0 Å². The number of nitrogens with zero attached hydrogens (tertiary/aromatic N) is 3. The molecule has 1 aromatic heterocycles. The van der Waals surface area contributed by atoms with Crippen molar-refractivity contribution in [1.29, 1.82) is 0 Å².